The molecule has 1 N–H and O–H groups in total. The van der Waals surface area contributed by atoms with Gasteiger partial charge in [0.05, 0.1) is 0 Å². The van der Waals surface area contributed by atoms with Crippen LogP contribution in [0.4, 0.5) is 0 Å². The first-order valence-electron chi connectivity index (χ1n) is 8.07. The van der Waals surface area contributed by atoms with E-state index in [9.17, 15) is 9.90 Å². The van der Waals surface area contributed by atoms with E-state index < -0.39 is 5.60 Å². The Morgan fingerprint density at radius 3 is 1.72 bits per heavy atom. The molecule has 0 saturated heterocycles. The van der Waals surface area contributed by atoms with E-state index in [4.69, 9.17) is 0 Å². The van der Waals surface area contributed by atoms with E-state index in [1.165, 1.54) is 6.92 Å². The Balaban J connectivity index is 2.04. The zero-order chi connectivity index (χ0) is 17.7. The fourth-order valence-electron chi connectivity index (χ4n) is 2.62. The number of hydrogen-bond donors (Lipinski definition) is 1. The van der Waals surface area contributed by atoms with Gasteiger partial charge >= 0.3 is 0 Å². The highest BCUT2D eigenvalue weighted by Gasteiger charge is 2.29. The third-order valence-electron chi connectivity index (χ3n) is 4.06. The molecule has 0 fully saturated rings. The van der Waals surface area contributed by atoms with Crippen molar-refractivity contribution in [3.8, 4) is 11.8 Å². The predicted molar refractivity (Wildman–Crippen MR) is 99.2 cm³/mol. The van der Waals surface area contributed by atoms with Crippen LogP contribution in [0.3, 0.4) is 0 Å². The maximum atomic E-state index is 11.4. The Hall–Kier alpha value is -3.15. The molecule has 3 aromatic rings. The molecule has 0 atom stereocenters. The van der Waals surface area contributed by atoms with Crippen LogP contribution in [0.2, 0.25) is 0 Å². The molecule has 3 rings (SSSR count). The van der Waals surface area contributed by atoms with E-state index in [1.54, 1.807) is 24.3 Å². The van der Waals surface area contributed by atoms with Crippen molar-refractivity contribution in [2.24, 2.45) is 0 Å². The molecule has 0 heterocycles. The summed E-state index contributed by atoms with van der Waals surface area (Å²) >= 11 is 0. The zero-order valence-electron chi connectivity index (χ0n) is 13.9. The maximum Gasteiger partial charge on any atom is 0.177 e. The fraction of sp³-hybridized carbons (Fsp3) is 0.0870. The van der Waals surface area contributed by atoms with Gasteiger partial charge in [-0.15, -0.1) is 0 Å². The van der Waals surface area contributed by atoms with E-state index in [-0.39, 0.29) is 5.78 Å². The Morgan fingerprint density at radius 1 is 0.800 bits per heavy atom. The van der Waals surface area contributed by atoms with Gasteiger partial charge in [-0.25, -0.2) is 0 Å². The highest BCUT2D eigenvalue weighted by Crippen LogP contribution is 2.28. The molecule has 2 nitrogen and oxygen atoms in total. The zero-order valence-corrected chi connectivity index (χ0v) is 13.9. The van der Waals surface area contributed by atoms with Crippen molar-refractivity contribution >= 4 is 5.78 Å². The van der Waals surface area contributed by atoms with Gasteiger partial charge in [-0.2, -0.15) is 0 Å². The maximum absolute atomic E-state index is 11.4. The molecule has 3 aromatic carbocycles. The lowest BCUT2D eigenvalue weighted by atomic mass is 9.86. The van der Waals surface area contributed by atoms with Crippen LogP contribution in [0.5, 0.6) is 0 Å². The Labute approximate surface area is 147 Å². The molecule has 25 heavy (non-hydrogen) atoms. The van der Waals surface area contributed by atoms with E-state index in [0.717, 1.165) is 5.56 Å². The quantitative estimate of drug-likeness (QED) is 0.579. The van der Waals surface area contributed by atoms with Crippen LogP contribution in [-0.4, -0.2) is 10.9 Å². The minimum Gasteiger partial charge on any atom is -0.369 e. The Kier molecular flexibility index (Phi) is 4.79. The molecular weight excluding hydrogens is 308 g/mol. The lowest BCUT2D eigenvalue weighted by Crippen LogP contribution is -2.25. The number of carbonyl (C=O) groups is 1. The monoisotopic (exact) mass is 326 g/mol. The first kappa shape index (κ1) is 16.7. The van der Waals surface area contributed by atoms with Crippen molar-refractivity contribution in [3.63, 3.8) is 0 Å². The van der Waals surface area contributed by atoms with Gasteiger partial charge in [-0.3, -0.25) is 4.79 Å². The molecule has 0 aliphatic heterocycles. The number of Topliss-reactive ketones (excluding diaryl/α,β-unsaturated/α-hetero) is 1. The molecule has 0 aliphatic rings. The van der Waals surface area contributed by atoms with Crippen LogP contribution in [0, 0.1) is 11.8 Å². The van der Waals surface area contributed by atoms with E-state index in [1.807, 2.05) is 60.7 Å². The molecule has 122 valence electrons. The minimum absolute atomic E-state index is 0.0181. The molecule has 0 saturated carbocycles. The van der Waals surface area contributed by atoms with E-state index in [2.05, 4.69) is 11.8 Å². The number of hydrogen-bond acceptors (Lipinski definition) is 2. The minimum atomic E-state index is -1.40. The van der Waals surface area contributed by atoms with Gasteiger partial charge in [0.25, 0.3) is 0 Å². The van der Waals surface area contributed by atoms with Crippen LogP contribution in [0.15, 0.2) is 84.9 Å². The van der Waals surface area contributed by atoms with Gasteiger partial charge in [-0.1, -0.05) is 84.6 Å². The second kappa shape index (κ2) is 7.17. The molecule has 0 amide bonds. The van der Waals surface area contributed by atoms with Crippen LogP contribution in [0.1, 0.15) is 34.0 Å². The molecular formula is C23H18O2. The van der Waals surface area contributed by atoms with Gasteiger partial charge in [0.15, 0.2) is 11.4 Å². The summed E-state index contributed by atoms with van der Waals surface area (Å²) in [5.74, 6) is 6.07. The summed E-state index contributed by atoms with van der Waals surface area (Å²) in [6, 6.07) is 25.9. The summed E-state index contributed by atoms with van der Waals surface area (Å²) in [6.07, 6.45) is 0. The van der Waals surface area contributed by atoms with Gasteiger partial charge in [-0.05, 0) is 19.1 Å². The summed E-state index contributed by atoms with van der Waals surface area (Å²) in [4.78, 5) is 11.4. The average molecular weight is 326 g/mol. The SMILES string of the molecule is CC(=O)c1ccc(C#CC(O)(c2ccccc2)c2ccccc2)cc1. The van der Waals surface area contributed by atoms with Crippen molar-refractivity contribution in [1.82, 2.24) is 0 Å². The van der Waals surface area contributed by atoms with Crippen LogP contribution < -0.4 is 0 Å². The van der Waals surface area contributed by atoms with Crippen LogP contribution in [0.25, 0.3) is 0 Å². The predicted octanol–water partition coefficient (Wildman–Crippen LogP) is 4.18. The second-order valence-corrected chi connectivity index (χ2v) is 5.83. The molecule has 0 aliphatic carbocycles. The smallest absolute Gasteiger partial charge is 0.177 e. The highest BCUT2D eigenvalue weighted by molar-refractivity contribution is 5.94. The lowest BCUT2D eigenvalue weighted by molar-refractivity contribution is 0.101. The standard InChI is InChI=1S/C23H18O2/c1-18(24)20-14-12-19(13-15-20)16-17-23(25,21-8-4-2-5-9-21)22-10-6-3-7-11-22/h2-15,25H,1H3. The Morgan fingerprint density at radius 2 is 1.28 bits per heavy atom. The number of rotatable bonds is 3. The van der Waals surface area contributed by atoms with Crippen molar-refractivity contribution < 1.29 is 9.90 Å². The van der Waals surface area contributed by atoms with Gasteiger partial charge < -0.3 is 5.11 Å². The van der Waals surface area contributed by atoms with Gasteiger partial charge in [0, 0.05) is 22.3 Å². The third kappa shape index (κ3) is 3.68. The van der Waals surface area contributed by atoms with Gasteiger partial charge in [0.1, 0.15) is 0 Å². The summed E-state index contributed by atoms with van der Waals surface area (Å²) in [6.45, 7) is 1.53. The molecule has 0 unspecified atom stereocenters. The van der Waals surface area contributed by atoms with Crippen LogP contribution >= 0.6 is 0 Å². The third-order valence-corrected chi connectivity index (χ3v) is 4.06. The molecule has 0 radical (unpaired) electrons. The summed E-state index contributed by atoms with van der Waals surface area (Å²) in [5.41, 5.74) is 1.42. The first-order chi connectivity index (χ1) is 12.1. The Bertz CT molecular complexity index is 875. The van der Waals surface area contributed by atoms with Crippen molar-refractivity contribution in [3.05, 3.63) is 107 Å². The molecule has 0 aromatic heterocycles. The van der Waals surface area contributed by atoms with Crippen molar-refractivity contribution in [2.45, 2.75) is 12.5 Å². The van der Waals surface area contributed by atoms with Crippen molar-refractivity contribution in [1.29, 1.82) is 0 Å². The normalized spacial score (nSPS) is 10.6. The molecule has 0 bridgehead atoms. The van der Waals surface area contributed by atoms with Crippen molar-refractivity contribution in [2.75, 3.05) is 0 Å². The van der Waals surface area contributed by atoms with Crippen LogP contribution in [-0.2, 0) is 5.60 Å². The summed E-state index contributed by atoms with van der Waals surface area (Å²) in [7, 11) is 0. The summed E-state index contributed by atoms with van der Waals surface area (Å²) < 4.78 is 0. The van der Waals surface area contributed by atoms with E-state index in [0.29, 0.717) is 16.7 Å². The number of carbonyl (C=O) groups excluding carboxylic acids is 1. The topological polar surface area (TPSA) is 37.3 Å². The number of ketones is 1. The highest BCUT2D eigenvalue weighted by atomic mass is 16.3. The van der Waals surface area contributed by atoms with E-state index >= 15 is 0 Å². The molecule has 0 spiro atoms. The number of benzene rings is 3. The average Bonchev–Trinajstić information content (AvgIpc) is 2.68. The fourth-order valence-corrected chi connectivity index (χ4v) is 2.62. The largest absolute Gasteiger partial charge is 0.369 e. The second-order valence-electron chi connectivity index (χ2n) is 5.83. The number of aliphatic hydroxyl groups is 1. The lowest BCUT2D eigenvalue weighted by Gasteiger charge is -2.23. The summed E-state index contributed by atoms with van der Waals surface area (Å²) in [5, 5.41) is 11.3. The van der Waals surface area contributed by atoms with Gasteiger partial charge in [0.2, 0.25) is 0 Å². The first-order valence-corrected chi connectivity index (χ1v) is 8.07. The molecule has 2 heteroatoms.